The number of nitrogens with zero attached hydrogens (tertiary/aromatic N) is 3. The third kappa shape index (κ3) is 3.90. The number of rotatable bonds is 6. The molecule has 1 aromatic heterocycles. The third-order valence-electron chi connectivity index (χ3n) is 5.82. The van der Waals surface area contributed by atoms with Crippen molar-refractivity contribution in [1.29, 1.82) is 0 Å². The first kappa shape index (κ1) is 18.9. The van der Waals surface area contributed by atoms with Gasteiger partial charge in [0.05, 0.1) is 11.2 Å². The number of benzene rings is 1. The standard InChI is InChI=1S/C21H27FN4O2/c1-3-18-19(15(2)28-24-18)20(27)23-21(8-9-21)14-25-10-12-26(13-11-25)17-6-4-16(22)5-7-17/h4-7H,3,8-14H2,1-2H3,(H,23,27). The van der Waals surface area contributed by atoms with Gasteiger partial charge in [0.1, 0.15) is 17.1 Å². The van der Waals surface area contributed by atoms with E-state index in [-0.39, 0.29) is 17.3 Å². The summed E-state index contributed by atoms with van der Waals surface area (Å²) in [5.74, 6) is 0.305. The highest BCUT2D eigenvalue weighted by Gasteiger charge is 2.46. The fraction of sp³-hybridized carbons (Fsp3) is 0.524. The molecule has 1 aliphatic carbocycles. The summed E-state index contributed by atoms with van der Waals surface area (Å²) in [6, 6.07) is 6.68. The number of halogens is 1. The van der Waals surface area contributed by atoms with E-state index in [4.69, 9.17) is 4.52 Å². The molecule has 1 aliphatic heterocycles. The number of aryl methyl sites for hydroxylation is 2. The van der Waals surface area contributed by atoms with E-state index >= 15 is 0 Å². The normalized spacial score (nSPS) is 18.9. The minimum absolute atomic E-state index is 0.0713. The van der Waals surface area contributed by atoms with Gasteiger partial charge in [-0.25, -0.2) is 4.39 Å². The highest BCUT2D eigenvalue weighted by Crippen LogP contribution is 2.37. The smallest absolute Gasteiger partial charge is 0.257 e. The average Bonchev–Trinajstić information content (AvgIpc) is 3.33. The molecule has 1 saturated heterocycles. The molecular formula is C21H27FN4O2. The summed E-state index contributed by atoms with van der Waals surface area (Å²) in [7, 11) is 0. The molecule has 0 atom stereocenters. The maximum absolute atomic E-state index is 13.1. The Bertz CT molecular complexity index is 837. The number of carbonyl (C=O) groups is 1. The summed E-state index contributed by atoms with van der Waals surface area (Å²) in [6.45, 7) is 8.29. The number of aromatic nitrogens is 1. The Morgan fingerprint density at radius 1 is 1.21 bits per heavy atom. The molecule has 4 rings (SSSR count). The number of hydrogen-bond donors (Lipinski definition) is 1. The zero-order valence-electron chi connectivity index (χ0n) is 16.5. The number of anilines is 1. The lowest BCUT2D eigenvalue weighted by molar-refractivity contribution is 0.0912. The van der Waals surface area contributed by atoms with Gasteiger partial charge < -0.3 is 14.7 Å². The topological polar surface area (TPSA) is 61.6 Å². The Balaban J connectivity index is 1.33. The molecular weight excluding hydrogens is 359 g/mol. The Morgan fingerprint density at radius 3 is 2.50 bits per heavy atom. The van der Waals surface area contributed by atoms with E-state index in [1.54, 1.807) is 6.92 Å². The molecule has 6 nitrogen and oxygen atoms in total. The Labute approximate surface area is 164 Å². The molecule has 1 aromatic carbocycles. The Morgan fingerprint density at radius 2 is 1.89 bits per heavy atom. The van der Waals surface area contributed by atoms with E-state index in [1.807, 2.05) is 19.1 Å². The van der Waals surface area contributed by atoms with E-state index in [1.165, 1.54) is 12.1 Å². The molecule has 0 unspecified atom stereocenters. The summed E-state index contributed by atoms with van der Waals surface area (Å²) in [5, 5.41) is 7.23. The largest absolute Gasteiger partial charge is 0.369 e. The van der Waals surface area contributed by atoms with Crippen molar-refractivity contribution in [3.05, 3.63) is 47.1 Å². The molecule has 2 fully saturated rings. The quantitative estimate of drug-likeness (QED) is 0.827. The molecule has 2 heterocycles. The molecule has 28 heavy (non-hydrogen) atoms. The molecule has 0 spiro atoms. The first-order valence-electron chi connectivity index (χ1n) is 10.0. The maximum atomic E-state index is 13.1. The van der Waals surface area contributed by atoms with Crippen LogP contribution in [0.3, 0.4) is 0 Å². The predicted molar refractivity (Wildman–Crippen MR) is 105 cm³/mol. The van der Waals surface area contributed by atoms with Gasteiger partial charge in [0.25, 0.3) is 5.91 Å². The highest BCUT2D eigenvalue weighted by molar-refractivity contribution is 5.96. The fourth-order valence-electron chi connectivity index (χ4n) is 3.97. The maximum Gasteiger partial charge on any atom is 0.257 e. The molecule has 0 radical (unpaired) electrons. The number of nitrogens with one attached hydrogen (secondary N) is 1. The van der Waals surface area contributed by atoms with Gasteiger partial charge in [0.15, 0.2) is 0 Å². The fourth-order valence-corrected chi connectivity index (χ4v) is 3.97. The number of amides is 1. The molecule has 1 amide bonds. The second-order valence-electron chi connectivity index (χ2n) is 7.89. The zero-order valence-corrected chi connectivity index (χ0v) is 16.5. The SMILES string of the molecule is CCc1noc(C)c1C(=O)NC1(CN2CCN(c3ccc(F)cc3)CC2)CC1. The Hall–Kier alpha value is -2.41. The van der Waals surface area contributed by atoms with Crippen molar-refractivity contribution >= 4 is 11.6 Å². The van der Waals surface area contributed by atoms with E-state index in [0.717, 1.165) is 56.9 Å². The summed E-state index contributed by atoms with van der Waals surface area (Å²) in [6.07, 6.45) is 2.68. The van der Waals surface area contributed by atoms with Gasteiger partial charge >= 0.3 is 0 Å². The van der Waals surface area contributed by atoms with Gasteiger partial charge in [-0.2, -0.15) is 0 Å². The van der Waals surface area contributed by atoms with E-state index in [2.05, 4.69) is 20.3 Å². The van der Waals surface area contributed by atoms with Crippen molar-refractivity contribution in [3.63, 3.8) is 0 Å². The molecule has 2 aliphatic rings. The van der Waals surface area contributed by atoms with Crippen LogP contribution in [-0.4, -0.2) is 54.2 Å². The molecule has 1 saturated carbocycles. The van der Waals surface area contributed by atoms with Crippen molar-refractivity contribution in [3.8, 4) is 0 Å². The van der Waals surface area contributed by atoms with Crippen LogP contribution in [0.15, 0.2) is 28.8 Å². The van der Waals surface area contributed by atoms with Crippen molar-refractivity contribution < 1.29 is 13.7 Å². The minimum atomic E-state index is -0.205. The van der Waals surface area contributed by atoms with Crippen molar-refractivity contribution in [2.24, 2.45) is 0 Å². The second kappa shape index (κ2) is 7.54. The number of piperazine rings is 1. The van der Waals surface area contributed by atoms with Gasteiger partial charge in [-0.3, -0.25) is 9.69 Å². The van der Waals surface area contributed by atoms with Gasteiger partial charge in [-0.1, -0.05) is 12.1 Å². The van der Waals surface area contributed by atoms with E-state index in [9.17, 15) is 9.18 Å². The van der Waals surface area contributed by atoms with Crippen LogP contribution in [-0.2, 0) is 6.42 Å². The predicted octanol–water partition coefficient (Wildman–Crippen LogP) is 2.77. The van der Waals surface area contributed by atoms with E-state index in [0.29, 0.717) is 17.7 Å². The van der Waals surface area contributed by atoms with Gasteiger partial charge in [-0.15, -0.1) is 0 Å². The van der Waals surface area contributed by atoms with Crippen LogP contribution in [0.4, 0.5) is 10.1 Å². The van der Waals surface area contributed by atoms with Crippen molar-refractivity contribution in [2.75, 3.05) is 37.6 Å². The Kier molecular flexibility index (Phi) is 5.10. The number of hydrogen-bond acceptors (Lipinski definition) is 5. The van der Waals surface area contributed by atoms with Gasteiger partial charge in [0, 0.05) is 38.4 Å². The van der Waals surface area contributed by atoms with Crippen LogP contribution in [0.2, 0.25) is 0 Å². The second-order valence-corrected chi connectivity index (χ2v) is 7.89. The lowest BCUT2D eigenvalue weighted by Crippen LogP contribution is -2.52. The summed E-state index contributed by atoms with van der Waals surface area (Å²) in [4.78, 5) is 17.5. The lowest BCUT2D eigenvalue weighted by atomic mass is 10.1. The molecule has 7 heteroatoms. The lowest BCUT2D eigenvalue weighted by Gasteiger charge is -2.38. The molecule has 1 N–H and O–H groups in total. The highest BCUT2D eigenvalue weighted by atomic mass is 19.1. The molecule has 0 bridgehead atoms. The van der Waals surface area contributed by atoms with Crippen LogP contribution in [0.1, 0.15) is 41.6 Å². The van der Waals surface area contributed by atoms with Crippen LogP contribution in [0, 0.1) is 12.7 Å². The first-order valence-corrected chi connectivity index (χ1v) is 10.0. The summed E-state index contributed by atoms with van der Waals surface area (Å²) >= 11 is 0. The average molecular weight is 386 g/mol. The first-order chi connectivity index (χ1) is 13.5. The van der Waals surface area contributed by atoms with Gasteiger partial charge in [-0.05, 0) is 50.5 Å². The minimum Gasteiger partial charge on any atom is -0.369 e. The molecule has 2 aromatic rings. The van der Waals surface area contributed by atoms with E-state index < -0.39 is 0 Å². The van der Waals surface area contributed by atoms with Crippen molar-refractivity contribution in [1.82, 2.24) is 15.4 Å². The third-order valence-corrected chi connectivity index (χ3v) is 5.82. The van der Waals surface area contributed by atoms with Crippen molar-refractivity contribution in [2.45, 2.75) is 38.6 Å². The zero-order chi connectivity index (χ0) is 19.7. The molecule has 150 valence electrons. The van der Waals surface area contributed by atoms with Gasteiger partial charge in [0.2, 0.25) is 0 Å². The summed E-state index contributed by atoms with van der Waals surface area (Å²) < 4.78 is 18.3. The van der Waals surface area contributed by atoms with Crippen LogP contribution >= 0.6 is 0 Å². The summed E-state index contributed by atoms with van der Waals surface area (Å²) in [5.41, 5.74) is 2.24. The van der Waals surface area contributed by atoms with Crippen LogP contribution in [0.5, 0.6) is 0 Å². The van der Waals surface area contributed by atoms with Crippen LogP contribution < -0.4 is 10.2 Å². The number of carbonyl (C=O) groups excluding carboxylic acids is 1. The monoisotopic (exact) mass is 386 g/mol. The van der Waals surface area contributed by atoms with Crippen LogP contribution in [0.25, 0.3) is 0 Å².